The van der Waals surface area contributed by atoms with Crippen LogP contribution >= 0.6 is 23.2 Å². The van der Waals surface area contributed by atoms with Crippen LogP contribution in [-0.2, 0) is 16.6 Å². The molecule has 0 unspecified atom stereocenters. The fourth-order valence-corrected chi connectivity index (χ4v) is 5.81. The van der Waals surface area contributed by atoms with E-state index in [4.69, 9.17) is 27.9 Å². The molecule has 0 fully saturated rings. The maximum atomic E-state index is 13.3. The zero-order valence-electron chi connectivity index (χ0n) is 18.3. The van der Waals surface area contributed by atoms with Crippen molar-refractivity contribution >= 4 is 33.2 Å². The van der Waals surface area contributed by atoms with Crippen molar-refractivity contribution in [1.29, 1.82) is 0 Å². The average molecular weight is 501 g/mol. The van der Waals surface area contributed by atoms with Crippen LogP contribution < -0.4 is 4.74 Å². The molecule has 0 saturated heterocycles. The van der Waals surface area contributed by atoms with Gasteiger partial charge in [-0.15, -0.1) is 0 Å². The lowest BCUT2D eigenvalue weighted by Crippen LogP contribution is -2.16. The number of rotatable bonds is 6. The van der Waals surface area contributed by atoms with E-state index >= 15 is 0 Å². The Morgan fingerprint density at radius 3 is 2.36 bits per heavy atom. The number of benzene rings is 3. The molecule has 0 aliphatic carbocycles. The third-order valence-corrected chi connectivity index (χ3v) is 7.66. The summed E-state index contributed by atoms with van der Waals surface area (Å²) in [6.07, 6.45) is 1.46. The molecule has 0 aliphatic rings. The number of ether oxygens (including phenoxy) is 1. The third-order valence-electron chi connectivity index (χ3n) is 5.21. The van der Waals surface area contributed by atoms with E-state index in [0.717, 1.165) is 20.8 Å². The van der Waals surface area contributed by atoms with E-state index in [0.29, 0.717) is 32.6 Å². The van der Waals surface area contributed by atoms with Gasteiger partial charge in [0.1, 0.15) is 12.4 Å². The summed E-state index contributed by atoms with van der Waals surface area (Å²) in [5.74, 6) is 0.612. The van der Waals surface area contributed by atoms with Gasteiger partial charge in [0.05, 0.1) is 10.6 Å². The molecule has 0 amide bonds. The summed E-state index contributed by atoms with van der Waals surface area (Å²) in [7, 11) is -3.82. The monoisotopic (exact) mass is 500 g/mol. The van der Waals surface area contributed by atoms with E-state index in [1.165, 1.54) is 6.20 Å². The Balaban J connectivity index is 1.59. The number of aromatic nitrogens is 2. The number of nitrogens with zero attached hydrogens (tertiary/aromatic N) is 2. The van der Waals surface area contributed by atoms with Gasteiger partial charge in [0.25, 0.3) is 10.0 Å². The first kappa shape index (κ1) is 23.4. The number of halogens is 2. The van der Waals surface area contributed by atoms with Gasteiger partial charge in [0.15, 0.2) is 0 Å². The summed E-state index contributed by atoms with van der Waals surface area (Å²) in [5, 5.41) is 5.45. The Kier molecular flexibility index (Phi) is 6.52. The van der Waals surface area contributed by atoms with Crippen molar-refractivity contribution in [3.63, 3.8) is 0 Å². The molecule has 0 saturated carbocycles. The van der Waals surface area contributed by atoms with Crippen LogP contribution in [-0.4, -0.2) is 17.6 Å². The van der Waals surface area contributed by atoms with Gasteiger partial charge in [-0.3, -0.25) is 0 Å². The molecule has 0 aliphatic heterocycles. The van der Waals surface area contributed by atoms with E-state index in [1.54, 1.807) is 32.0 Å². The Hall–Kier alpha value is -2.80. The highest BCUT2D eigenvalue weighted by atomic mass is 35.5. The summed E-state index contributed by atoms with van der Waals surface area (Å²) in [4.78, 5) is 0.277. The molecule has 0 atom stereocenters. The zero-order chi connectivity index (χ0) is 23.8. The van der Waals surface area contributed by atoms with Crippen LogP contribution in [0.4, 0.5) is 0 Å². The summed E-state index contributed by atoms with van der Waals surface area (Å²) in [6.45, 7) is 5.81. The Morgan fingerprint density at radius 2 is 1.67 bits per heavy atom. The lowest BCUT2D eigenvalue weighted by Gasteiger charge is -2.12. The van der Waals surface area contributed by atoms with Crippen molar-refractivity contribution in [3.8, 4) is 17.0 Å². The van der Waals surface area contributed by atoms with Gasteiger partial charge in [-0.05, 0) is 62.2 Å². The maximum absolute atomic E-state index is 13.3. The van der Waals surface area contributed by atoms with E-state index in [2.05, 4.69) is 5.10 Å². The number of hydrogen-bond acceptors (Lipinski definition) is 4. The predicted octanol–water partition coefficient (Wildman–Crippen LogP) is 6.60. The van der Waals surface area contributed by atoms with Crippen LogP contribution in [0.15, 0.2) is 71.8 Å². The van der Waals surface area contributed by atoms with Gasteiger partial charge in [-0.25, -0.2) is 0 Å². The smallest absolute Gasteiger partial charge is 0.283 e. The molecule has 0 N–H and O–H groups in total. The zero-order valence-corrected chi connectivity index (χ0v) is 20.7. The summed E-state index contributed by atoms with van der Waals surface area (Å²) < 4.78 is 33.4. The van der Waals surface area contributed by atoms with Crippen molar-refractivity contribution in [2.24, 2.45) is 0 Å². The Morgan fingerprint density at radius 1 is 0.939 bits per heavy atom. The Bertz CT molecular complexity index is 1420. The third kappa shape index (κ3) is 4.93. The SMILES string of the molecule is Cc1cc(C)c(S(=O)(=O)n2ccc(-c3cccc(OCc4ccc(Cl)cc4Cl)c3)n2)c(C)c1. The quantitative estimate of drug-likeness (QED) is 0.299. The highest BCUT2D eigenvalue weighted by Crippen LogP contribution is 2.28. The highest BCUT2D eigenvalue weighted by Gasteiger charge is 2.23. The number of hydrogen-bond donors (Lipinski definition) is 0. The van der Waals surface area contributed by atoms with Crippen molar-refractivity contribution in [3.05, 3.63) is 99.2 Å². The molecule has 3 aromatic carbocycles. The molecule has 4 rings (SSSR count). The van der Waals surface area contributed by atoms with E-state index in [1.807, 2.05) is 49.4 Å². The second kappa shape index (κ2) is 9.21. The van der Waals surface area contributed by atoms with Crippen molar-refractivity contribution in [2.45, 2.75) is 32.3 Å². The molecule has 0 radical (unpaired) electrons. The first-order valence-corrected chi connectivity index (χ1v) is 12.4. The minimum Gasteiger partial charge on any atom is -0.489 e. The van der Waals surface area contributed by atoms with Gasteiger partial charge in [-0.1, -0.05) is 59.1 Å². The fraction of sp³-hybridized carbons (Fsp3) is 0.160. The summed E-state index contributed by atoms with van der Waals surface area (Å²) >= 11 is 12.2. The first-order valence-electron chi connectivity index (χ1n) is 10.2. The predicted molar refractivity (Wildman–Crippen MR) is 132 cm³/mol. The van der Waals surface area contributed by atoms with Crippen molar-refractivity contribution in [1.82, 2.24) is 9.19 Å². The largest absolute Gasteiger partial charge is 0.489 e. The highest BCUT2D eigenvalue weighted by molar-refractivity contribution is 7.90. The van der Waals surface area contributed by atoms with E-state index in [-0.39, 0.29) is 11.5 Å². The fourth-order valence-electron chi connectivity index (χ4n) is 3.81. The van der Waals surface area contributed by atoms with Crippen LogP contribution in [0, 0.1) is 20.8 Å². The molecule has 1 aromatic heterocycles. The normalized spacial score (nSPS) is 11.5. The van der Waals surface area contributed by atoms with E-state index < -0.39 is 10.0 Å². The molecule has 4 aromatic rings. The van der Waals surface area contributed by atoms with Crippen LogP contribution in [0.25, 0.3) is 11.3 Å². The molecule has 33 heavy (non-hydrogen) atoms. The summed E-state index contributed by atoms with van der Waals surface area (Å²) in [5.41, 5.74) is 4.48. The second-order valence-corrected chi connectivity index (χ2v) is 10.4. The van der Waals surface area contributed by atoms with E-state index in [9.17, 15) is 8.42 Å². The van der Waals surface area contributed by atoms with Gasteiger partial charge >= 0.3 is 0 Å². The molecule has 0 spiro atoms. The molecule has 5 nitrogen and oxygen atoms in total. The Labute approximate surface area is 203 Å². The van der Waals surface area contributed by atoms with Gasteiger partial charge in [0.2, 0.25) is 0 Å². The number of aryl methyl sites for hydroxylation is 3. The minimum absolute atomic E-state index is 0.272. The summed E-state index contributed by atoms with van der Waals surface area (Å²) in [6, 6.07) is 17.9. The minimum atomic E-state index is -3.82. The second-order valence-electron chi connectivity index (χ2n) is 7.86. The van der Waals surface area contributed by atoms with Gasteiger partial charge in [-0.2, -0.15) is 17.6 Å². The molecule has 0 bridgehead atoms. The van der Waals surface area contributed by atoms with Crippen molar-refractivity contribution < 1.29 is 13.2 Å². The van der Waals surface area contributed by atoms with Crippen molar-refractivity contribution in [2.75, 3.05) is 0 Å². The first-order chi connectivity index (χ1) is 15.6. The van der Waals surface area contributed by atoms with Crippen LogP contribution in [0.1, 0.15) is 22.3 Å². The molecule has 8 heteroatoms. The lowest BCUT2D eigenvalue weighted by atomic mass is 10.1. The average Bonchev–Trinajstić information content (AvgIpc) is 3.24. The standard InChI is InChI=1S/C25H22Cl2N2O3S/c1-16-11-17(2)25(18(3)12-16)33(30,31)29-10-9-24(28-29)19-5-4-6-22(13-19)32-15-20-7-8-21(26)14-23(20)27/h4-14H,15H2,1-3H3. The maximum Gasteiger partial charge on any atom is 0.283 e. The topological polar surface area (TPSA) is 61.2 Å². The molecular weight excluding hydrogens is 479 g/mol. The van der Waals surface area contributed by atoms with Crippen LogP contribution in [0.5, 0.6) is 5.75 Å². The van der Waals surface area contributed by atoms with Gasteiger partial charge < -0.3 is 4.74 Å². The molecular formula is C25H22Cl2N2O3S. The lowest BCUT2D eigenvalue weighted by molar-refractivity contribution is 0.306. The van der Waals surface area contributed by atoms with Crippen LogP contribution in [0.3, 0.4) is 0 Å². The molecule has 170 valence electrons. The molecule has 1 heterocycles. The van der Waals surface area contributed by atoms with Crippen LogP contribution in [0.2, 0.25) is 10.0 Å². The van der Waals surface area contributed by atoms with Gasteiger partial charge in [0, 0.05) is 27.4 Å².